The van der Waals surface area contributed by atoms with Crippen LogP contribution in [0.5, 0.6) is 0 Å². The van der Waals surface area contributed by atoms with Crippen LogP contribution in [0.2, 0.25) is 0 Å². The first-order chi connectivity index (χ1) is 8.16. The van der Waals surface area contributed by atoms with Gasteiger partial charge in [0.25, 0.3) is 0 Å². The number of hydrogen-bond donors (Lipinski definition) is 1. The van der Waals surface area contributed by atoms with Gasteiger partial charge in [-0.2, -0.15) is 0 Å². The van der Waals surface area contributed by atoms with Crippen LogP contribution >= 0.6 is 11.8 Å². The summed E-state index contributed by atoms with van der Waals surface area (Å²) in [6.45, 7) is 5.07. The second kappa shape index (κ2) is 5.89. The van der Waals surface area contributed by atoms with E-state index in [1.54, 1.807) is 11.8 Å². The number of nitrogens with one attached hydrogen (secondary N) is 1. The molecule has 0 aromatic heterocycles. The van der Waals surface area contributed by atoms with Crippen molar-refractivity contribution in [3.05, 3.63) is 0 Å². The van der Waals surface area contributed by atoms with Gasteiger partial charge in [0.15, 0.2) is 5.17 Å². The molecule has 0 aromatic rings. The van der Waals surface area contributed by atoms with Crippen molar-refractivity contribution in [1.82, 2.24) is 5.32 Å². The average molecular weight is 254 g/mol. The molecule has 1 aliphatic carbocycles. The average Bonchev–Trinajstić information content (AvgIpc) is 2.69. The van der Waals surface area contributed by atoms with Gasteiger partial charge in [0.2, 0.25) is 5.91 Å². The summed E-state index contributed by atoms with van der Waals surface area (Å²) in [7, 11) is 0. The Morgan fingerprint density at radius 1 is 1.35 bits per heavy atom. The van der Waals surface area contributed by atoms with E-state index in [0.29, 0.717) is 5.92 Å². The molecule has 0 spiro atoms. The van der Waals surface area contributed by atoms with Crippen LogP contribution in [0.3, 0.4) is 0 Å². The molecule has 4 heteroatoms. The van der Waals surface area contributed by atoms with Crippen molar-refractivity contribution in [2.24, 2.45) is 16.8 Å². The minimum absolute atomic E-state index is 0.0557. The first kappa shape index (κ1) is 12.9. The minimum atomic E-state index is 0.0557. The van der Waals surface area contributed by atoms with Crippen molar-refractivity contribution < 1.29 is 4.79 Å². The molecule has 1 atom stereocenters. The van der Waals surface area contributed by atoms with Crippen molar-refractivity contribution in [3.8, 4) is 0 Å². The van der Waals surface area contributed by atoms with Gasteiger partial charge in [-0.1, -0.05) is 44.9 Å². The van der Waals surface area contributed by atoms with Crippen molar-refractivity contribution in [1.29, 1.82) is 0 Å². The summed E-state index contributed by atoms with van der Waals surface area (Å²) in [5.74, 6) is 1.25. The Kier molecular flexibility index (Phi) is 4.48. The van der Waals surface area contributed by atoms with E-state index >= 15 is 0 Å². The van der Waals surface area contributed by atoms with Gasteiger partial charge in [-0.25, -0.2) is 0 Å². The Morgan fingerprint density at radius 3 is 2.65 bits per heavy atom. The second-order valence-electron chi connectivity index (χ2n) is 5.42. The molecular formula is C13H22N2OS. The third-order valence-electron chi connectivity index (χ3n) is 3.55. The Hall–Kier alpha value is -0.510. The van der Waals surface area contributed by atoms with E-state index in [2.05, 4.69) is 24.2 Å². The zero-order chi connectivity index (χ0) is 12.3. The molecule has 2 rings (SSSR count). The second-order valence-corrected chi connectivity index (χ2v) is 6.55. The molecule has 1 amide bonds. The predicted molar refractivity (Wildman–Crippen MR) is 73.2 cm³/mol. The number of nitrogens with zero attached hydrogens (tertiary/aromatic N) is 1. The standard InChI is InChI=1S/C13H22N2OS/c1-9(2)11-12(16)15-13(17-11)14-8-10-6-4-3-5-7-10/h9-11H,3-8H2,1-2H3,(H,14,15,16). The lowest BCUT2D eigenvalue weighted by Crippen LogP contribution is -2.27. The maximum Gasteiger partial charge on any atom is 0.239 e. The van der Waals surface area contributed by atoms with E-state index in [1.165, 1.54) is 32.1 Å². The summed E-state index contributed by atoms with van der Waals surface area (Å²) in [4.78, 5) is 16.2. The molecule has 3 nitrogen and oxygen atoms in total. The fraction of sp³-hybridized carbons (Fsp3) is 0.846. The molecule has 96 valence electrons. The van der Waals surface area contributed by atoms with Crippen LogP contribution < -0.4 is 5.32 Å². The number of amidine groups is 1. The molecule has 1 unspecified atom stereocenters. The third-order valence-corrected chi connectivity index (χ3v) is 5.02. The third kappa shape index (κ3) is 3.47. The molecule has 0 radical (unpaired) electrons. The molecule has 1 aliphatic heterocycles. The fourth-order valence-electron chi connectivity index (χ4n) is 2.48. The van der Waals surface area contributed by atoms with Crippen molar-refractivity contribution in [2.75, 3.05) is 6.54 Å². The topological polar surface area (TPSA) is 41.5 Å². The molecule has 1 N–H and O–H groups in total. The zero-order valence-corrected chi connectivity index (χ0v) is 11.6. The SMILES string of the molecule is CC(C)C1SC(=NCC2CCCCC2)NC1=O. The molecule has 0 aromatic carbocycles. The van der Waals surface area contributed by atoms with Gasteiger partial charge in [0.1, 0.15) is 0 Å². The van der Waals surface area contributed by atoms with Crippen LogP contribution in [-0.4, -0.2) is 22.9 Å². The summed E-state index contributed by atoms with van der Waals surface area (Å²) in [5.41, 5.74) is 0. The molecule has 1 saturated carbocycles. The van der Waals surface area contributed by atoms with Gasteiger partial charge in [-0.05, 0) is 24.7 Å². The number of carbonyl (C=O) groups is 1. The first-order valence-corrected chi connectivity index (χ1v) is 7.56. The predicted octanol–water partition coefficient (Wildman–Crippen LogP) is 2.81. The molecule has 17 heavy (non-hydrogen) atoms. The highest BCUT2D eigenvalue weighted by atomic mass is 32.2. The molecule has 0 bridgehead atoms. The van der Waals surface area contributed by atoms with Gasteiger partial charge < -0.3 is 5.32 Å². The van der Waals surface area contributed by atoms with E-state index in [9.17, 15) is 4.79 Å². The lowest BCUT2D eigenvalue weighted by molar-refractivity contribution is -0.119. The van der Waals surface area contributed by atoms with Gasteiger partial charge >= 0.3 is 0 Å². The highest BCUT2D eigenvalue weighted by molar-refractivity contribution is 8.15. The number of hydrogen-bond acceptors (Lipinski definition) is 3. The van der Waals surface area contributed by atoms with E-state index in [-0.39, 0.29) is 11.2 Å². The number of amides is 1. The van der Waals surface area contributed by atoms with E-state index in [1.807, 2.05) is 0 Å². The normalized spacial score (nSPS) is 29.0. The highest BCUT2D eigenvalue weighted by Crippen LogP contribution is 2.27. The summed E-state index contributed by atoms with van der Waals surface area (Å²) in [5, 5.41) is 3.80. The highest BCUT2D eigenvalue weighted by Gasteiger charge is 2.32. The zero-order valence-electron chi connectivity index (χ0n) is 10.7. The first-order valence-electron chi connectivity index (χ1n) is 6.69. The Morgan fingerprint density at radius 2 is 2.06 bits per heavy atom. The Labute approximate surface area is 108 Å². The summed E-state index contributed by atoms with van der Waals surface area (Å²) < 4.78 is 0. The quantitative estimate of drug-likeness (QED) is 0.841. The van der Waals surface area contributed by atoms with Gasteiger partial charge in [0, 0.05) is 6.54 Å². The smallest absolute Gasteiger partial charge is 0.239 e. The number of carbonyl (C=O) groups excluding carboxylic acids is 1. The number of aliphatic imine (C=N–C) groups is 1. The van der Waals surface area contributed by atoms with Gasteiger partial charge in [-0.15, -0.1) is 0 Å². The van der Waals surface area contributed by atoms with Crippen LogP contribution in [0, 0.1) is 11.8 Å². The molecule has 2 fully saturated rings. The van der Waals surface area contributed by atoms with Crippen molar-refractivity contribution >= 4 is 22.8 Å². The van der Waals surface area contributed by atoms with Crippen LogP contribution in [0.25, 0.3) is 0 Å². The van der Waals surface area contributed by atoms with E-state index in [0.717, 1.165) is 17.6 Å². The van der Waals surface area contributed by atoms with Crippen LogP contribution in [0.1, 0.15) is 46.0 Å². The summed E-state index contributed by atoms with van der Waals surface area (Å²) in [6.07, 6.45) is 6.70. The molecular weight excluding hydrogens is 232 g/mol. The van der Waals surface area contributed by atoms with Crippen LogP contribution in [0.15, 0.2) is 4.99 Å². The van der Waals surface area contributed by atoms with E-state index in [4.69, 9.17) is 0 Å². The van der Waals surface area contributed by atoms with Crippen molar-refractivity contribution in [2.45, 2.75) is 51.2 Å². The Balaban J connectivity index is 1.84. The van der Waals surface area contributed by atoms with Crippen molar-refractivity contribution in [3.63, 3.8) is 0 Å². The minimum Gasteiger partial charge on any atom is -0.304 e. The maximum atomic E-state index is 11.7. The van der Waals surface area contributed by atoms with E-state index < -0.39 is 0 Å². The monoisotopic (exact) mass is 254 g/mol. The Bertz CT molecular complexity index is 309. The maximum absolute atomic E-state index is 11.7. The number of thioether (sulfide) groups is 1. The van der Waals surface area contributed by atoms with Gasteiger partial charge in [0.05, 0.1) is 5.25 Å². The summed E-state index contributed by atoms with van der Waals surface area (Å²) in [6, 6.07) is 0. The summed E-state index contributed by atoms with van der Waals surface area (Å²) >= 11 is 1.60. The number of rotatable bonds is 3. The largest absolute Gasteiger partial charge is 0.304 e. The van der Waals surface area contributed by atoms with Gasteiger partial charge in [-0.3, -0.25) is 9.79 Å². The fourth-order valence-corrected chi connectivity index (χ4v) is 3.46. The molecule has 2 aliphatic rings. The molecule has 1 saturated heterocycles. The lowest BCUT2D eigenvalue weighted by Gasteiger charge is -2.19. The lowest BCUT2D eigenvalue weighted by atomic mass is 9.89. The van der Waals surface area contributed by atoms with Crippen LogP contribution in [0.4, 0.5) is 0 Å². The molecule has 1 heterocycles. The van der Waals surface area contributed by atoms with Crippen LogP contribution in [-0.2, 0) is 4.79 Å².